The van der Waals surface area contributed by atoms with Gasteiger partial charge in [-0.05, 0) is 54.5 Å². The van der Waals surface area contributed by atoms with Gasteiger partial charge in [0, 0.05) is 19.0 Å². The molecule has 2 aromatic heterocycles. The summed E-state index contributed by atoms with van der Waals surface area (Å²) in [6, 6.07) is 9.64. The number of amides is 1. The zero-order valence-electron chi connectivity index (χ0n) is 16.6. The number of aromatic nitrogens is 3. The minimum absolute atomic E-state index is 0.0301. The number of rotatable bonds is 5. The molecule has 3 aromatic rings. The molecule has 0 fully saturated rings. The fourth-order valence-corrected chi connectivity index (χ4v) is 4.50. The summed E-state index contributed by atoms with van der Waals surface area (Å²) in [5, 5.41) is 9.60. The second-order valence-electron chi connectivity index (χ2n) is 7.29. The van der Waals surface area contributed by atoms with Crippen molar-refractivity contribution >= 4 is 17.2 Å². The number of benzene rings is 1. The van der Waals surface area contributed by atoms with Crippen molar-refractivity contribution in [2.24, 2.45) is 0 Å². The van der Waals surface area contributed by atoms with Crippen LogP contribution in [0.4, 0.5) is 0 Å². The van der Waals surface area contributed by atoms with E-state index in [0.29, 0.717) is 25.9 Å². The molecule has 0 spiro atoms. The number of ether oxygens (including phenoxy) is 1. The van der Waals surface area contributed by atoms with Crippen molar-refractivity contribution in [3.63, 3.8) is 0 Å². The number of aryl methyl sites for hydroxylation is 2. The molecule has 4 rings (SSSR count). The lowest BCUT2D eigenvalue weighted by Gasteiger charge is -2.15. The summed E-state index contributed by atoms with van der Waals surface area (Å²) in [6.07, 6.45) is 2.15. The lowest BCUT2D eigenvalue weighted by Crippen LogP contribution is -2.35. The number of nitrogens with zero attached hydrogens (tertiary/aromatic N) is 3. The summed E-state index contributed by atoms with van der Waals surface area (Å²) < 4.78 is 8.50. The van der Waals surface area contributed by atoms with Gasteiger partial charge >= 0.3 is 5.69 Å². The standard InChI is InChI=1S/C21H24N4O3S/c1-14-9-11-29-19(14)20(26)22-16-6-7-18-23-25(21(27)24(18)10-8-16)13-15-4-3-5-17(12-15)28-2/h3-5,9,11-12,16H,6-8,10,13H2,1-2H3,(H,22,26). The third kappa shape index (κ3) is 4.12. The molecule has 3 heterocycles. The molecule has 152 valence electrons. The monoisotopic (exact) mass is 412 g/mol. The zero-order chi connectivity index (χ0) is 20.4. The summed E-state index contributed by atoms with van der Waals surface area (Å²) in [4.78, 5) is 26.1. The molecule has 0 saturated heterocycles. The molecule has 8 heteroatoms. The molecule has 1 aromatic carbocycles. The molecule has 1 atom stereocenters. The molecule has 1 aliphatic heterocycles. The normalized spacial score (nSPS) is 16.1. The highest BCUT2D eigenvalue weighted by atomic mass is 32.1. The molecule has 0 aliphatic carbocycles. The fraction of sp³-hybridized carbons (Fsp3) is 0.381. The molecule has 0 saturated carbocycles. The third-order valence-corrected chi connectivity index (χ3v) is 6.30. The number of carbonyl (C=O) groups is 1. The summed E-state index contributed by atoms with van der Waals surface area (Å²) in [5.41, 5.74) is 1.86. The largest absolute Gasteiger partial charge is 0.497 e. The zero-order valence-corrected chi connectivity index (χ0v) is 17.4. The number of hydrogen-bond donors (Lipinski definition) is 1. The van der Waals surface area contributed by atoms with E-state index in [1.165, 1.54) is 16.0 Å². The summed E-state index contributed by atoms with van der Waals surface area (Å²) >= 11 is 1.46. The Morgan fingerprint density at radius 3 is 2.97 bits per heavy atom. The Morgan fingerprint density at radius 1 is 1.34 bits per heavy atom. The molecule has 1 aliphatic rings. The maximum absolute atomic E-state index is 12.8. The van der Waals surface area contributed by atoms with Crippen molar-refractivity contribution in [3.8, 4) is 5.75 Å². The van der Waals surface area contributed by atoms with E-state index < -0.39 is 0 Å². The molecule has 1 unspecified atom stereocenters. The topological polar surface area (TPSA) is 78.2 Å². The number of thiophene rings is 1. The first-order valence-electron chi connectivity index (χ1n) is 9.69. The van der Waals surface area contributed by atoms with Gasteiger partial charge < -0.3 is 10.1 Å². The molecular formula is C21H24N4O3S. The molecule has 0 radical (unpaired) electrons. The summed E-state index contributed by atoms with van der Waals surface area (Å²) in [6.45, 7) is 2.91. The first-order valence-corrected chi connectivity index (χ1v) is 10.6. The average Bonchev–Trinajstić information content (AvgIpc) is 3.21. The maximum Gasteiger partial charge on any atom is 0.346 e. The van der Waals surface area contributed by atoms with E-state index in [-0.39, 0.29) is 17.6 Å². The van der Waals surface area contributed by atoms with Crippen LogP contribution in [0.5, 0.6) is 5.75 Å². The SMILES string of the molecule is COc1cccc(Cn2nc3n(c2=O)CCC(NC(=O)c2sccc2C)CC3)c1. The fourth-order valence-electron chi connectivity index (χ4n) is 3.68. The summed E-state index contributed by atoms with van der Waals surface area (Å²) in [7, 11) is 1.62. The smallest absolute Gasteiger partial charge is 0.346 e. The Bertz CT molecular complexity index is 1080. The van der Waals surface area contributed by atoms with Gasteiger partial charge in [0.05, 0.1) is 18.5 Å². The van der Waals surface area contributed by atoms with Crippen molar-refractivity contribution in [1.29, 1.82) is 0 Å². The van der Waals surface area contributed by atoms with E-state index in [1.807, 2.05) is 42.6 Å². The van der Waals surface area contributed by atoms with E-state index in [1.54, 1.807) is 11.7 Å². The Morgan fingerprint density at radius 2 is 2.21 bits per heavy atom. The minimum Gasteiger partial charge on any atom is -0.497 e. The molecule has 29 heavy (non-hydrogen) atoms. The second kappa shape index (κ2) is 8.24. The van der Waals surface area contributed by atoms with E-state index >= 15 is 0 Å². The van der Waals surface area contributed by atoms with E-state index in [2.05, 4.69) is 10.4 Å². The van der Waals surface area contributed by atoms with Crippen molar-refractivity contribution < 1.29 is 9.53 Å². The second-order valence-corrected chi connectivity index (χ2v) is 8.21. The number of hydrogen-bond acceptors (Lipinski definition) is 5. The van der Waals surface area contributed by atoms with Crippen LogP contribution < -0.4 is 15.7 Å². The average molecular weight is 413 g/mol. The highest BCUT2D eigenvalue weighted by Gasteiger charge is 2.23. The van der Waals surface area contributed by atoms with Gasteiger partial charge in [-0.25, -0.2) is 9.48 Å². The Kier molecular flexibility index (Phi) is 5.53. The first kappa shape index (κ1) is 19.4. The Balaban J connectivity index is 1.44. The highest BCUT2D eigenvalue weighted by Crippen LogP contribution is 2.18. The lowest BCUT2D eigenvalue weighted by molar-refractivity contribution is 0.0936. The van der Waals surface area contributed by atoms with Gasteiger partial charge in [0.15, 0.2) is 0 Å². The number of methoxy groups -OCH3 is 1. The first-order chi connectivity index (χ1) is 14.0. The molecular weight excluding hydrogens is 388 g/mol. The number of nitrogens with one attached hydrogen (secondary N) is 1. The van der Waals surface area contributed by atoms with Gasteiger partial charge in [0.2, 0.25) is 0 Å². The van der Waals surface area contributed by atoms with Crippen molar-refractivity contribution in [3.05, 3.63) is 68.0 Å². The molecule has 7 nitrogen and oxygen atoms in total. The quantitative estimate of drug-likeness (QED) is 0.699. The van der Waals surface area contributed by atoms with Gasteiger partial charge in [-0.2, -0.15) is 5.10 Å². The van der Waals surface area contributed by atoms with Crippen molar-refractivity contribution in [2.45, 2.75) is 45.3 Å². The molecule has 0 bridgehead atoms. The van der Waals surface area contributed by atoms with Crippen LogP contribution >= 0.6 is 11.3 Å². The van der Waals surface area contributed by atoms with Crippen LogP contribution in [0.25, 0.3) is 0 Å². The number of fused-ring (bicyclic) bond motifs is 1. The maximum atomic E-state index is 12.8. The van der Waals surface area contributed by atoms with Gasteiger partial charge in [-0.1, -0.05) is 12.1 Å². The van der Waals surface area contributed by atoms with E-state index in [9.17, 15) is 9.59 Å². The van der Waals surface area contributed by atoms with Crippen molar-refractivity contribution in [2.75, 3.05) is 7.11 Å². The molecule has 1 amide bonds. The van der Waals surface area contributed by atoms with Crippen LogP contribution in [-0.4, -0.2) is 33.4 Å². The van der Waals surface area contributed by atoms with E-state index in [0.717, 1.165) is 34.0 Å². The highest BCUT2D eigenvalue weighted by molar-refractivity contribution is 7.12. The van der Waals surface area contributed by atoms with Crippen LogP contribution in [-0.2, 0) is 19.5 Å². The van der Waals surface area contributed by atoms with Crippen LogP contribution in [0, 0.1) is 6.92 Å². The van der Waals surface area contributed by atoms with Gasteiger partial charge in [-0.15, -0.1) is 11.3 Å². The van der Waals surface area contributed by atoms with Crippen LogP contribution in [0.15, 0.2) is 40.5 Å². The van der Waals surface area contributed by atoms with Crippen LogP contribution in [0.1, 0.15) is 39.5 Å². The predicted octanol–water partition coefficient (Wildman–Crippen LogP) is 2.61. The number of carbonyl (C=O) groups excluding carboxylic acids is 1. The van der Waals surface area contributed by atoms with Crippen LogP contribution in [0.3, 0.4) is 0 Å². The Labute approximate surface area is 172 Å². The van der Waals surface area contributed by atoms with Crippen molar-refractivity contribution in [1.82, 2.24) is 19.7 Å². The molecule has 1 N–H and O–H groups in total. The summed E-state index contributed by atoms with van der Waals surface area (Å²) in [5.74, 6) is 1.51. The Hall–Kier alpha value is -2.87. The van der Waals surface area contributed by atoms with Crippen LogP contribution in [0.2, 0.25) is 0 Å². The van der Waals surface area contributed by atoms with Gasteiger partial charge in [0.25, 0.3) is 5.91 Å². The predicted molar refractivity (Wildman–Crippen MR) is 112 cm³/mol. The third-order valence-electron chi connectivity index (χ3n) is 5.29. The minimum atomic E-state index is -0.108. The van der Waals surface area contributed by atoms with E-state index in [4.69, 9.17) is 4.74 Å². The van der Waals surface area contributed by atoms with Gasteiger partial charge in [-0.3, -0.25) is 9.36 Å². The lowest BCUT2D eigenvalue weighted by atomic mass is 10.1. The van der Waals surface area contributed by atoms with Gasteiger partial charge in [0.1, 0.15) is 11.6 Å².